The largest absolute Gasteiger partial charge is 0.465 e. The smallest absolute Gasteiger partial charge is 0.337 e. The molecule has 0 aliphatic rings. The lowest BCUT2D eigenvalue weighted by Gasteiger charge is -1.99. The van der Waals surface area contributed by atoms with Gasteiger partial charge in [-0.2, -0.15) is 9.90 Å². The van der Waals surface area contributed by atoms with Crippen LogP contribution in [0.3, 0.4) is 0 Å². The molecule has 0 unspecified atom stereocenters. The molecule has 7 heteroatoms. The van der Waals surface area contributed by atoms with Crippen molar-refractivity contribution in [2.45, 2.75) is 6.61 Å². The minimum atomic E-state index is -0.374. The second-order valence-corrected chi connectivity index (χ2v) is 5.08. The van der Waals surface area contributed by atoms with E-state index in [-0.39, 0.29) is 12.6 Å². The van der Waals surface area contributed by atoms with Crippen LogP contribution in [0.4, 0.5) is 0 Å². The summed E-state index contributed by atoms with van der Waals surface area (Å²) in [4.78, 5) is 18.1. The summed E-state index contributed by atoms with van der Waals surface area (Å²) in [5.74, 6) is -0.374. The number of esters is 1. The molecule has 0 radical (unpaired) electrons. The van der Waals surface area contributed by atoms with Gasteiger partial charge in [0.25, 0.3) is 0 Å². The maximum Gasteiger partial charge on any atom is 0.337 e. The molecule has 0 saturated heterocycles. The first kappa shape index (κ1) is 16.4. The monoisotopic (exact) mass is 336 g/mol. The minimum absolute atomic E-state index is 0.212. The van der Waals surface area contributed by atoms with E-state index in [2.05, 4.69) is 20.1 Å². The fraction of sp³-hybridized carbons (Fsp3) is 0.111. The van der Waals surface area contributed by atoms with Crippen LogP contribution in [0.25, 0.3) is 5.69 Å². The van der Waals surface area contributed by atoms with Crippen molar-refractivity contribution in [1.82, 2.24) is 15.0 Å². The van der Waals surface area contributed by atoms with Crippen molar-refractivity contribution >= 4 is 12.2 Å². The highest BCUT2D eigenvalue weighted by molar-refractivity contribution is 5.90. The molecule has 7 nitrogen and oxygen atoms in total. The summed E-state index contributed by atoms with van der Waals surface area (Å²) in [5, 5.41) is 12.4. The van der Waals surface area contributed by atoms with Crippen molar-refractivity contribution in [3.63, 3.8) is 0 Å². The standard InChI is InChI=1S/C18H16N4O3/c1-24-18(23)15-9-7-14(8-10-15)11-20-25-13-16-12-19-22(21-16)17-5-3-2-4-6-17/h2-12H,13H2,1H3. The summed E-state index contributed by atoms with van der Waals surface area (Å²) in [6.45, 7) is 0.212. The first-order valence-electron chi connectivity index (χ1n) is 7.56. The molecular weight excluding hydrogens is 320 g/mol. The molecule has 0 saturated carbocycles. The number of benzene rings is 2. The average Bonchev–Trinajstić information content (AvgIpc) is 3.15. The number of aromatic nitrogens is 3. The van der Waals surface area contributed by atoms with E-state index < -0.39 is 0 Å². The molecule has 2 aromatic carbocycles. The molecule has 1 heterocycles. The average molecular weight is 336 g/mol. The van der Waals surface area contributed by atoms with Gasteiger partial charge in [-0.25, -0.2) is 4.79 Å². The van der Waals surface area contributed by atoms with Gasteiger partial charge in [0.1, 0.15) is 5.69 Å². The summed E-state index contributed by atoms with van der Waals surface area (Å²) in [6, 6.07) is 16.5. The van der Waals surface area contributed by atoms with E-state index in [0.29, 0.717) is 11.3 Å². The molecule has 1 aromatic heterocycles. The van der Waals surface area contributed by atoms with Crippen LogP contribution in [0.2, 0.25) is 0 Å². The van der Waals surface area contributed by atoms with Gasteiger partial charge < -0.3 is 9.57 Å². The molecule has 25 heavy (non-hydrogen) atoms. The van der Waals surface area contributed by atoms with Crippen LogP contribution in [0, 0.1) is 0 Å². The van der Waals surface area contributed by atoms with Gasteiger partial charge in [0.05, 0.1) is 30.8 Å². The summed E-state index contributed by atoms with van der Waals surface area (Å²) < 4.78 is 4.65. The lowest BCUT2D eigenvalue weighted by atomic mass is 10.1. The highest BCUT2D eigenvalue weighted by atomic mass is 16.6. The number of para-hydroxylation sites is 1. The quantitative estimate of drug-likeness (QED) is 0.393. The highest BCUT2D eigenvalue weighted by Gasteiger charge is 2.04. The van der Waals surface area contributed by atoms with Crippen molar-refractivity contribution in [3.05, 3.63) is 77.6 Å². The Morgan fingerprint density at radius 3 is 2.64 bits per heavy atom. The Kier molecular flexibility index (Phi) is 5.16. The molecule has 0 aliphatic heterocycles. The Balaban J connectivity index is 1.53. The molecule has 0 spiro atoms. The van der Waals surface area contributed by atoms with Gasteiger partial charge in [-0.15, -0.1) is 5.10 Å². The molecule has 0 N–H and O–H groups in total. The third kappa shape index (κ3) is 4.29. The second-order valence-electron chi connectivity index (χ2n) is 5.08. The van der Waals surface area contributed by atoms with Crippen molar-refractivity contribution < 1.29 is 14.4 Å². The molecule has 0 amide bonds. The van der Waals surface area contributed by atoms with Crippen LogP contribution in [-0.4, -0.2) is 34.3 Å². The van der Waals surface area contributed by atoms with Gasteiger partial charge in [0, 0.05) is 0 Å². The summed E-state index contributed by atoms with van der Waals surface area (Å²) in [6.07, 6.45) is 3.19. The van der Waals surface area contributed by atoms with Gasteiger partial charge in [-0.05, 0) is 29.8 Å². The highest BCUT2D eigenvalue weighted by Crippen LogP contribution is 2.06. The Bertz CT molecular complexity index is 858. The summed E-state index contributed by atoms with van der Waals surface area (Å²) in [7, 11) is 1.35. The summed E-state index contributed by atoms with van der Waals surface area (Å²) >= 11 is 0. The molecular formula is C18H16N4O3. The lowest BCUT2D eigenvalue weighted by molar-refractivity contribution is 0.0600. The molecule has 0 fully saturated rings. The SMILES string of the molecule is COC(=O)c1ccc(C=NOCc2cnn(-c3ccccc3)n2)cc1. The predicted molar refractivity (Wildman–Crippen MR) is 91.5 cm³/mol. The normalized spacial score (nSPS) is 10.8. The zero-order valence-electron chi connectivity index (χ0n) is 13.6. The van der Waals surface area contributed by atoms with Crippen LogP contribution in [-0.2, 0) is 16.2 Å². The Morgan fingerprint density at radius 2 is 1.92 bits per heavy atom. The van der Waals surface area contributed by atoms with E-state index >= 15 is 0 Å². The number of methoxy groups -OCH3 is 1. The van der Waals surface area contributed by atoms with Crippen molar-refractivity contribution in [2.75, 3.05) is 7.11 Å². The number of carbonyl (C=O) groups excluding carboxylic acids is 1. The minimum Gasteiger partial charge on any atom is -0.465 e. The third-order valence-corrected chi connectivity index (χ3v) is 3.35. The second kappa shape index (κ2) is 7.87. The van der Waals surface area contributed by atoms with Crippen LogP contribution < -0.4 is 0 Å². The number of hydrogen-bond donors (Lipinski definition) is 0. The topological polar surface area (TPSA) is 78.6 Å². The zero-order chi connectivity index (χ0) is 17.5. The molecule has 0 bridgehead atoms. The van der Waals surface area contributed by atoms with E-state index in [0.717, 1.165) is 11.3 Å². The number of oxime groups is 1. The van der Waals surface area contributed by atoms with Gasteiger partial charge >= 0.3 is 5.97 Å². The van der Waals surface area contributed by atoms with E-state index in [1.54, 1.807) is 36.7 Å². The maximum atomic E-state index is 11.4. The maximum absolute atomic E-state index is 11.4. The van der Waals surface area contributed by atoms with E-state index in [1.807, 2.05) is 30.3 Å². The number of nitrogens with zero attached hydrogens (tertiary/aromatic N) is 4. The zero-order valence-corrected chi connectivity index (χ0v) is 13.6. The van der Waals surface area contributed by atoms with Crippen molar-refractivity contribution in [3.8, 4) is 5.69 Å². The fourth-order valence-electron chi connectivity index (χ4n) is 2.07. The number of hydrogen-bond acceptors (Lipinski definition) is 6. The van der Waals surface area contributed by atoms with Gasteiger partial charge in [0.15, 0.2) is 6.61 Å². The van der Waals surface area contributed by atoms with E-state index in [1.165, 1.54) is 11.9 Å². The lowest BCUT2D eigenvalue weighted by Crippen LogP contribution is -2.00. The summed E-state index contributed by atoms with van der Waals surface area (Å²) in [5.41, 5.74) is 2.84. The van der Waals surface area contributed by atoms with E-state index in [9.17, 15) is 4.79 Å². The van der Waals surface area contributed by atoms with Crippen molar-refractivity contribution in [2.24, 2.45) is 5.16 Å². The van der Waals surface area contributed by atoms with Crippen LogP contribution in [0.15, 0.2) is 65.9 Å². The van der Waals surface area contributed by atoms with E-state index in [4.69, 9.17) is 4.84 Å². The molecule has 0 atom stereocenters. The molecule has 0 aliphatic carbocycles. The van der Waals surface area contributed by atoms with Crippen LogP contribution >= 0.6 is 0 Å². The fourth-order valence-corrected chi connectivity index (χ4v) is 2.07. The van der Waals surface area contributed by atoms with Gasteiger partial charge in [0.2, 0.25) is 0 Å². The van der Waals surface area contributed by atoms with Crippen LogP contribution in [0.1, 0.15) is 21.6 Å². The number of carbonyl (C=O) groups is 1. The number of rotatable bonds is 6. The van der Waals surface area contributed by atoms with Gasteiger partial charge in [-0.1, -0.05) is 35.5 Å². The third-order valence-electron chi connectivity index (χ3n) is 3.35. The van der Waals surface area contributed by atoms with Gasteiger partial charge in [-0.3, -0.25) is 0 Å². The Hall–Kier alpha value is -3.48. The first-order valence-corrected chi connectivity index (χ1v) is 7.56. The predicted octanol–water partition coefficient (Wildman–Crippen LogP) is 2.60. The van der Waals surface area contributed by atoms with Crippen LogP contribution in [0.5, 0.6) is 0 Å². The molecule has 3 aromatic rings. The Morgan fingerprint density at radius 1 is 1.16 bits per heavy atom. The van der Waals surface area contributed by atoms with Crippen molar-refractivity contribution in [1.29, 1.82) is 0 Å². The molecule has 126 valence electrons. The number of ether oxygens (including phenoxy) is 1. The first-order chi connectivity index (χ1) is 12.3. The molecule has 3 rings (SSSR count). The Labute approximate surface area is 144 Å².